The molecule has 0 unspecified atom stereocenters. The van der Waals surface area contributed by atoms with E-state index in [2.05, 4.69) is 15.6 Å². The van der Waals surface area contributed by atoms with Gasteiger partial charge in [0.15, 0.2) is 5.96 Å². The first-order valence-electron chi connectivity index (χ1n) is 7.92. The average Bonchev–Trinajstić information content (AvgIpc) is 2.90. The molecule has 1 aromatic heterocycles. The van der Waals surface area contributed by atoms with Crippen LogP contribution < -0.4 is 10.6 Å². The van der Waals surface area contributed by atoms with E-state index in [1.54, 1.807) is 11.2 Å². The minimum Gasteiger partial charge on any atom is -0.467 e. The molecular weight excluding hydrogens is 423 g/mol. The molecule has 0 bridgehead atoms. The van der Waals surface area contributed by atoms with Crippen molar-refractivity contribution in [1.29, 1.82) is 0 Å². The van der Waals surface area contributed by atoms with Gasteiger partial charge in [-0.3, -0.25) is 0 Å². The lowest BCUT2D eigenvalue weighted by atomic mass is 10.1. The Labute approximate surface area is 160 Å². The van der Waals surface area contributed by atoms with Gasteiger partial charge in [0.1, 0.15) is 17.9 Å². The number of halogens is 1. The molecule has 7 nitrogen and oxygen atoms in total. The molecule has 2 N–H and O–H groups in total. The van der Waals surface area contributed by atoms with E-state index in [4.69, 9.17) is 9.15 Å². The van der Waals surface area contributed by atoms with Crippen LogP contribution in [0.5, 0.6) is 0 Å². The summed E-state index contributed by atoms with van der Waals surface area (Å²) in [5.41, 5.74) is -0.463. The van der Waals surface area contributed by atoms with Crippen molar-refractivity contribution in [2.24, 2.45) is 4.99 Å². The normalized spacial score (nSPS) is 15.3. The number of aliphatic imine (C=N–C) groups is 1. The van der Waals surface area contributed by atoms with Crippen molar-refractivity contribution in [1.82, 2.24) is 15.5 Å². The third-order valence-electron chi connectivity index (χ3n) is 3.19. The van der Waals surface area contributed by atoms with E-state index in [1.165, 1.54) is 0 Å². The molecule has 0 radical (unpaired) electrons. The molecule has 0 atom stereocenters. The van der Waals surface area contributed by atoms with Crippen LogP contribution in [-0.4, -0.2) is 48.2 Å². The van der Waals surface area contributed by atoms with Gasteiger partial charge in [-0.2, -0.15) is 0 Å². The molecule has 1 aliphatic heterocycles. The van der Waals surface area contributed by atoms with Crippen LogP contribution in [0.25, 0.3) is 0 Å². The number of ether oxygens (including phenoxy) is 1. The highest BCUT2D eigenvalue weighted by molar-refractivity contribution is 14.0. The minimum absolute atomic E-state index is 0. The van der Waals surface area contributed by atoms with Gasteiger partial charge in [-0.05, 0) is 39.8 Å². The molecule has 1 amide bonds. The fourth-order valence-corrected chi connectivity index (χ4v) is 2.12. The van der Waals surface area contributed by atoms with Gasteiger partial charge in [0.05, 0.1) is 12.3 Å². The van der Waals surface area contributed by atoms with Crippen LogP contribution in [-0.2, 0) is 11.3 Å². The van der Waals surface area contributed by atoms with Gasteiger partial charge in [0, 0.05) is 19.6 Å². The summed E-state index contributed by atoms with van der Waals surface area (Å²) >= 11 is 0. The predicted octanol–water partition coefficient (Wildman–Crippen LogP) is 2.57. The maximum absolute atomic E-state index is 11.9. The summed E-state index contributed by atoms with van der Waals surface area (Å²) in [6.45, 7) is 10.1. The van der Waals surface area contributed by atoms with Crippen molar-refractivity contribution in [3.05, 3.63) is 24.2 Å². The third-order valence-corrected chi connectivity index (χ3v) is 3.19. The first kappa shape index (κ1) is 20.6. The Morgan fingerprint density at radius 3 is 2.71 bits per heavy atom. The summed E-state index contributed by atoms with van der Waals surface area (Å²) in [5, 5.41) is 6.50. The highest BCUT2D eigenvalue weighted by atomic mass is 127. The maximum atomic E-state index is 11.9. The van der Waals surface area contributed by atoms with Gasteiger partial charge in [0.2, 0.25) is 0 Å². The molecule has 1 fully saturated rings. The lowest BCUT2D eigenvalue weighted by molar-refractivity contribution is 0.00701. The lowest BCUT2D eigenvalue weighted by Crippen LogP contribution is -2.63. The van der Waals surface area contributed by atoms with Crippen molar-refractivity contribution in [3.8, 4) is 0 Å². The standard InChI is InChI=1S/C16H26N4O3.HI/c1-5-17-14(18-9-13-7-6-8-22-13)19-12-10-20(11-12)15(21)23-16(2,3)4;/h6-8,12H,5,9-11H2,1-4H3,(H2,17,18,19);1H. The Kier molecular flexibility index (Phi) is 7.85. The van der Waals surface area contributed by atoms with Gasteiger partial charge in [-0.15, -0.1) is 24.0 Å². The van der Waals surface area contributed by atoms with E-state index >= 15 is 0 Å². The van der Waals surface area contributed by atoms with E-state index in [0.29, 0.717) is 19.6 Å². The average molecular weight is 450 g/mol. The number of likely N-dealkylation sites (tertiary alicyclic amines) is 1. The van der Waals surface area contributed by atoms with Gasteiger partial charge in [0.25, 0.3) is 0 Å². The molecule has 1 aliphatic rings. The quantitative estimate of drug-likeness (QED) is 0.419. The summed E-state index contributed by atoms with van der Waals surface area (Å²) in [6.07, 6.45) is 1.36. The minimum atomic E-state index is -0.463. The second-order valence-electron chi connectivity index (χ2n) is 6.50. The number of hydrogen-bond acceptors (Lipinski definition) is 4. The monoisotopic (exact) mass is 450 g/mol. The summed E-state index contributed by atoms with van der Waals surface area (Å²) in [6, 6.07) is 3.91. The van der Waals surface area contributed by atoms with Crippen molar-refractivity contribution in [2.75, 3.05) is 19.6 Å². The van der Waals surface area contributed by atoms with Gasteiger partial charge < -0.3 is 24.7 Å². The summed E-state index contributed by atoms with van der Waals surface area (Å²) in [4.78, 5) is 18.0. The number of guanidine groups is 1. The van der Waals surface area contributed by atoms with Crippen molar-refractivity contribution < 1.29 is 13.9 Å². The molecule has 8 heteroatoms. The molecule has 24 heavy (non-hydrogen) atoms. The first-order valence-corrected chi connectivity index (χ1v) is 7.92. The van der Waals surface area contributed by atoms with E-state index in [-0.39, 0.29) is 36.1 Å². The Bertz CT molecular complexity index is 534. The Morgan fingerprint density at radius 2 is 2.17 bits per heavy atom. The topological polar surface area (TPSA) is 79.1 Å². The van der Waals surface area contributed by atoms with Gasteiger partial charge >= 0.3 is 6.09 Å². The molecule has 0 aliphatic carbocycles. The van der Waals surface area contributed by atoms with Crippen LogP contribution in [0.2, 0.25) is 0 Å². The second-order valence-corrected chi connectivity index (χ2v) is 6.50. The number of carbonyl (C=O) groups is 1. The van der Waals surface area contributed by atoms with Crippen LogP contribution in [0.15, 0.2) is 27.8 Å². The van der Waals surface area contributed by atoms with E-state index in [0.717, 1.165) is 18.3 Å². The van der Waals surface area contributed by atoms with Crippen LogP contribution in [0.4, 0.5) is 4.79 Å². The van der Waals surface area contributed by atoms with Gasteiger partial charge in [-0.25, -0.2) is 9.79 Å². The predicted molar refractivity (Wildman–Crippen MR) is 104 cm³/mol. The van der Waals surface area contributed by atoms with Crippen LogP contribution in [0, 0.1) is 0 Å². The number of amides is 1. The molecule has 0 aromatic carbocycles. The number of rotatable bonds is 4. The van der Waals surface area contributed by atoms with E-state index in [9.17, 15) is 4.79 Å². The van der Waals surface area contributed by atoms with E-state index in [1.807, 2.05) is 39.8 Å². The molecule has 0 saturated carbocycles. The molecule has 136 valence electrons. The number of carbonyl (C=O) groups excluding carboxylic acids is 1. The molecule has 2 heterocycles. The Morgan fingerprint density at radius 1 is 1.46 bits per heavy atom. The fourth-order valence-electron chi connectivity index (χ4n) is 2.12. The molecule has 1 saturated heterocycles. The van der Waals surface area contributed by atoms with Crippen molar-refractivity contribution >= 4 is 36.0 Å². The van der Waals surface area contributed by atoms with Crippen molar-refractivity contribution in [3.63, 3.8) is 0 Å². The number of furan rings is 1. The highest BCUT2D eigenvalue weighted by Crippen LogP contribution is 2.15. The third kappa shape index (κ3) is 6.58. The smallest absolute Gasteiger partial charge is 0.410 e. The van der Waals surface area contributed by atoms with E-state index < -0.39 is 5.60 Å². The number of nitrogens with zero attached hydrogens (tertiary/aromatic N) is 2. The summed E-state index contributed by atoms with van der Waals surface area (Å²) < 4.78 is 10.6. The van der Waals surface area contributed by atoms with Crippen LogP contribution in [0.1, 0.15) is 33.5 Å². The highest BCUT2D eigenvalue weighted by Gasteiger charge is 2.34. The fraction of sp³-hybridized carbons (Fsp3) is 0.625. The molecule has 2 rings (SSSR count). The SMILES string of the molecule is CCNC(=NCc1ccco1)NC1CN(C(=O)OC(C)(C)C)C1.I. The lowest BCUT2D eigenvalue weighted by Gasteiger charge is -2.40. The first-order chi connectivity index (χ1) is 10.9. The summed E-state index contributed by atoms with van der Waals surface area (Å²) in [5.74, 6) is 1.53. The second kappa shape index (κ2) is 9.14. The van der Waals surface area contributed by atoms with Gasteiger partial charge in [-0.1, -0.05) is 0 Å². The molecule has 1 aromatic rings. The molecule has 0 spiro atoms. The van der Waals surface area contributed by atoms with Crippen molar-refractivity contribution in [2.45, 2.75) is 45.9 Å². The largest absolute Gasteiger partial charge is 0.467 e. The Hall–Kier alpha value is -1.45. The zero-order valence-corrected chi connectivity index (χ0v) is 17.0. The maximum Gasteiger partial charge on any atom is 0.410 e. The van der Waals surface area contributed by atoms with Crippen LogP contribution >= 0.6 is 24.0 Å². The zero-order valence-electron chi connectivity index (χ0n) is 14.7. The van der Waals surface area contributed by atoms with Crippen LogP contribution in [0.3, 0.4) is 0 Å². The number of nitrogens with one attached hydrogen (secondary N) is 2. The summed E-state index contributed by atoms with van der Waals surface area (Å²) in [7, 11) is 0. The number of hydrogen-bond donors (Lipinski definition) is 2. The zero-order chi connectivity index (χ0) is 16.9. The molecular formula is C16H27IN4O3. The Balaban J connectivity index is 0.00000288.